The van der Waals surface area contributed by atoms with E-state index in [1.807, 2.05) is 5.38 Å². The van der Waals surface area contributed by atoms with Gasteiger partial charge in [-0.3, -0.25) is 4.79 Å². The topological polar surface area (TPSA) is 42.0 Å². The van der Waals surface area contributed by atoms with Crippen molar-refractivity contribution in [1.82, 2.24) is 10.3 Å². The number of rotatable bonds is 4. The van der Waals surface area contributed by atoms with Crippen molar-refractivity contribution in [2.24, 2.45) is 5.92 Å². The second kappa shape index (κ2) is 5.19. The minimum Gasteiger partial charge on any atom is -0.350 e. The van der Waals surface area contributed by atoms with Gasteiger partial charge in [0.1, 0.15) is 0 Å². The number of alkyl halides is 1. The molecular weight excluding hydrogens is 208 g/mol. The minimum atomic E-state index is -0.139. The Labute approximate surface area is 86.1 Å². The van der Waals surface area contributed by atoms with Crippen LogP contribution in [0, 0.1) is 5.92 Å². The first-order valence-corrected chi connectivity index (χ1v) is 5.42. The molecule has 1 amide bonds. The van der Waals surface area contributed by atoms with Crippen LogP contribution in [0.25, 0.3) is 0 Å². The van der Waals surface area contributed by atoms with E-state index in [-0.39, 0.29) is 11.8 Å². The summed E-state index contributed by atoms with van der Waals surface area (Å²) >= 11 is 7.05. The van der Waals surface area contributed by atoms with Crippen LogP contribution in [0.15, 0.2) is 10.9 Å². The van der Waals surface area contributed by atoms with Crippen LogP contribution in [0.5, 0.6) is 0 Å². The Morgan fingerprint density at radius 2 is 2.62 bits per heavy atom. The predicted octanol–water partition coefficient (Wildman–Crippen LogP) is 1.63. The number of nitrogens with one attached hydrogen (secondary N) is 1. The molecule has 0 saturated carbocycles. The maximum absolute atomic E-state index is 11.2. The number of carbonyl (C=O) groups is 1. The van der Waals surface area contributed by atoms with Crippen molar-refractivity contribution in [3.05, 3.63) is 16.6 Å². The number of aromatic nitrogens is 1. The highest BCUT2D eigenvalue weighted by molar-refractivity contribution is 7.07. The van der Waals surface area contributed by atoms with Gasteiger partial charge in [0.05, 0.1) is 17.7 Å². The number of carbonyl (C=O) groups excluding carboxylic acids is 1. The van der Waals surface area contributed by atoms with Crippen LogP contribution in [0.3, 0.4) is 0 Å². The highest BCUT2D eigenvalue weighted by Crippen LogP contribution is 2.02. The second-order valence-electron chi connectivity index (χ2n) is 2.75. The molecule has 0 aromatic carbocycles. The summed E-state index contributed by atoms with van der Waals surface area (Å²) in [5, 5.41) is 4.66. The van der Waals surface area contributed by atoms with Gasteiger partial charge in [-0.2, -0.15) is 0 Å². The summed E-state index contributed by atoms with van der Waals surface area (Å²) in [5.74, 6) is 0.186. The molecule has 1 heterocycles. The maximum atomic E-state index is 11.2. The van der Waals surface area contributed by atoms with Crippen LogP contribution in [-0.2, 0) is 11.3 Å². The third-order valence-electron chi connectivity index (χ3n) is 1.61. The molecule has 1 N–H and O–H groups in total. The van der Waals surface area contributed by atoms with Gasteiger partial charge in [-0.1, -0.05) is 6.92 Å². The van der Waals surface area contributed by atoms with E-state index in [0.29, 0.717) is 12.4 Å². The van der Waals surface area contributed by atoms with Gasteiger partial charge in [-0.05, 0) is 0 Å². The van der Waals surface area contributed by atoms with Crippen LogP contribution in [-0.4, -0.2) is 16.8 Å². The molecule has 1 atom stereocenters. The zero-order chi connectivity index (χ0) is 9.68. The largest absolute Gasteiger partial charge is 0.350 e. The number of nitrogens with zero attached hydrogens (tertiary/aromatic N) is 1. The fourth-order valence-corrected chi connectivity index (χ4v) is 1.45. The van der Waals surface area contributed by atoms with Crippen LogP contribution in [0.4, 0.5) is 0 Å². The number of hydrogen-bond acceptors (Lipinski definition) is 3. The smallest absolute Gasteiger partial charge is 0.224 e. The summed E-state index contributed by atoms with van der Waals surface area (Å²) in [6.07, 6.45) is 0. The normalized spacial score (nSPS) is 12.5. The van der Waals surface area contributed by atoms with Crippen molar-refractivity contribution >= 4 is 28.8 Å². The van der Waals surface area contributed by atoms with Crippen molar-refractivity contribution in [3.8, 4) is 0 Å². The molecular formula is C8H11ClN2OS. The number of hydrogen-bond donors (Lipinski definition) is 1. The minimum absolute atomic E-state index is 0.0250. The van der Waals surface area contributed by atoms with Gasteiger partial charge in [0, 0.05) is 17.2 Å². The molecule has 3 nitrogen and oxygen atoms in total. The average Bonchev–Trinajstić information content (AvgIpc) is 2.65. The Morgan fingerprint density at radius 1 is 1.85 bits per heavy atom. The highest BCUT2D eigenvalue weighted by atomic mass is 35.5. The first kappa shape index (κ1) is 10.5. The van der Waals surface area contributed by atoms with Crippen LogP contribution in [0.1, 0.15) is 12.6 Å². The molecule has 5 heteroatoms. The number of thiazole rings is 1. The molecule has 0 spiro atoms. The van der Waals surface area contributed by atoms with Crippen molar-refractivity contribution in [3.63, 3.8) is 0 Å². The zero-order valence-electron chi connectivity index (χ0n) is 7.29. The van der Waals surface area contributed by atoms with E-state index in [1.54, 1.807) is 12.4 Å². The summed E-state index contributed by atoms with van der Waals surface area (Å²) in [5.41, 5.74) is 2.63. The van der Waals surface area contributed by atoms with Crippen LogP contribution < -0.4 is 5.32 Å². The van der Waals surface area contributed by atoms with E-state index in [1.165, 1.54) is 11.3 Å². The number of amides is 1. The van der Waals surface area contributed by atoms with Gasteiger partial charge < -0.3 is 5.32 Å². The lowest BCUT2D eigenvalue weighted by Crippen LogP contribution is -2.29. The second-order valence-corrected chi connectivity index (χ2v) is 3.78. The Bertz CT molecular complexity index is 263. The molecule has 0 saturated heterocycles. The third-order valence-corrected chi connectivity index (χ3v) is 2.70. The third kappa shape index (κ3) is 3.32. The lowest BCUT2D eigenvalue weighted by Gasteiger charge is -2.07. The van der Waals surface area contributed by atoms with E-state index >= 15 is 0 Å². The van der Waals surface area contributed by atoms with Gasteiger partial charge in [0.25, 0.3) is 0 Å². The fraction of sp³-hybridized carbons (Fsp3) is 0.500. The summed E-state index contributed by atoms with van der Waals surface area (Å²) in [6.45, 7) is 2.28. The molecule has 0 radical (unpaired) electrons. The molecule has 0 fully saturated rings. The van der Waals surface area contributed by atoms with Gasteiger partial charge >= 0.3 is 0 Å². The molecule has 72 valence electrons. The fourth-order valence-electron chi connectivity index (χ4n) is 0.747. The van der Waals surface area contributed by atoms with E-state index in [0.717, 1.165) is 5.69 Å². The van der Waals surface area contributed by atoms with E-state index < -0.39 is 0 Å². The van der Waals surface area contributed by atoms with Crippen LogP contribution >= 0.6 is 22.9 Å². The first-order valence-electron chi connectivity index (χ1n) is 3.94. The van der Waals surface area contributed by atoms with Crippen molar-refractivity contribution in [2.45, 2.75) is 13.5 Å². The Morgan fingerprint density at radius 3 is 3.15 bits per heavy atom. The van der Waals surface area contributed by atoms with Gasteiger partial charge in [-0.25, -0.2) is 4.98 Å². The molecule has 1 unspecified atom stereocenters. The van der Waals surface area contributed by atoms with Crippen molar-refractivity contribution in [2.75, 3.05) is 5.88 Å². The molecule has 0 aliphatic rings. The predicted molar refractivity (Wildman–Crippen MR) is 53.8 cm³/mol. The molecule has 13 heavy (non-hydrogen) atoms. The van der Waals surface area contributed by atoms with E-state index in [2.05, 4.69) is 10.3 Å². The van der Waals surface area contributed by atoms with Gasteiger partial charge in [0.2, 0.25) is 5.91 Å². The van der Waals surface area contributed by atoms with E-state index in [4.69, 9.17) is 11.6 Å². The van der Waals surface area contributed by atoms with E-state index in [9.17, 15) is 4.79 Å². The lowest BCUT2D eigenvalue weighted by molar-refractivity contribution is -0.124. The lowest BCUT2D eigenvalue weighted by atomic mass is 10.2. The molecule has 1 aromatic rings. The Hall–Kier alpha value is -0.610. The highest BCUT2D eigenvalue weighted by Gasteiger charge is 2.10. The number of halogens is 1. The molecule has 0 aliphatic carbocycles. The molecule has 1 rings (SSSR count). The van der Waals surface area contributed by atoms with Crippen molar-refractivity contribution in [1.29, 1.82) is 0 Å². The summed E-state index contributed by atoms with van der Waals surface area (Å²) < 4.78 is 0. The summed E-state index contributed by atoms with van der Waals surface area (Å²) in [4.78, 5) is 15.3. The monoisotopic (exact) mass is 218 g/mol. The van der Waals surface area contributed by atoms with Gasteiger partial charge in [0.15, 0.2) is 0 Å². The molecule has 0 aliphatic heterocycles. The maximum Gasteiger partial charge on any atom is 0.224 e. The van der Waals surface area contributed by atoms with Gasteiger partial charge in [-0.15, -0.1) is 22.9 Å². The zero-order valence-corrected chi connectivity index (χ0v) is 8.86. The summed E-state index contributed by atoms with van der Waals surface area (Å²) in [7, 11) is 0. The van der Waals surface area contributed by atoms with Crippen molar-refractivity contribution < 1.29 is 4.79 Å². The quantitative estimate of drug-likeness (QED) is 0.781. The molecule has 0 bridgehead atoms. The van der Waals surface area contributed by atoms with Crippen LogP contribution in [0.2, 0.25) is 0 Å². The Kier molecular flexibility index (Phi) is 4.18. The first-order chi connectivity index (χ1) is 6.24. The molecule has 1 aromatic heterocycles. The SMILES string of the molecule is CC(CCl)C(=O)NCc1cscn1. The summed E-state index contributed by atoms with van der Waals surface area (Å²) in [6, 6.07) is 0. The average molecular weight is 219 g/mol. The standard InChI is InChI=1S/C8H11ClN2OS/c1-6(2-9)8(12)10-3-7-4-13-5-11-7/h4-6H,2-3H2,1H3,(H,10,12). The Balaban J connectivity index is 2.31.